The number of hydrogen-bond acceptors (Lipinski definition) is 4. The predicted molar refractivity (Wildman–Crippen MR) is 85.6 cm³/mol. The molecule has 0 aromatic heterocycles. The quantitative estimate of drug-likeness (QED) is 0.825. The number of carbonyl (C=O) groups is 1. The Kier molecular flexibility index (Phi) is 5.31. The molecule has 0 N–H and O–H groups in total. The number of morpholine rings is 1. The number of hydrogen-bond donors (Lipinski definition) is 0. The molecule has 1 aromatic carbocycles. The summed E-state index contributed by atoms with van der Waals surface area (Å²) >= 11 is 5.94. The summed E-state index contributed by atoms with van der Waals surface area (Å²) in [6.07, 6.45) is 1.08. The van der Waals surface area contributed by atoms with Crippen LogP contribution in [0.15, 0.2) is 24.3 Å². The van der Waals surface area contributed by atoms with Crippen LogP contribution in [-0.2, 0) is 19.6 Å². The molecule has 1 atom stereocenters. The van der Waals surface area contributed by atoms with Crippen LogP contribution in [0, 0.1) is 0 Å². The second kappa shape index (κ2) is 6.85. The van der Waals surface area contributed by atoms with Crippen LogP contribution in [0.3, 0.4) is 0 Å². The van der Waals surface area contributed by atoms with Gasteiger partial charge in [0.2, 0.25) is 15.9 Å². The van der Waals surface area contributed by atoms with E-state index in [9.17, 15) is 13.2 Å². The summed E-state index contributed by atoms with van der Waals surface area (Å²) in [7, 11) is -3.62. The van der Waals surface area contributed by atoms with Crippen molar-refractivity contribution in [2.24, 2.45) is 0 Å². The topological polar surface area (TPSA) is 66.9 Å². The molecule has 1 aromatic rings. The molecule has 0 spiro atoms. The molecule has 1 unspecified atom stereocenters. The molecule has 2 rings (SSSR count). The van der Waals surface area contributed by atoms with Gasteiger partial charge in [-0.2, -0.15) is 0 Å². The second-order valence-corrected chi connectivity index (χ2v) is 7.45. The fourth-order valence-corrected chi connectivity index (χ4v) is 3.81. The molecule has 0 bridgehead atoms. The minimum Gasteiger partial charge on any atom is -0.378 e. The van der Waals surface area contributed by atoms with Gasteiger partial charge in [0.05, 0.1) is 25.2 Å². The summed E-state index contributed by atoms with van der Waals surface area (Å²) in [6.45, 7) is 3.45. The summed E-state index contributed by atoms with van der Waals surface area (Å²) in [6, 6.07) is 5.62. The summed E-state index contributed by atoms with van der Waals surface area (Å²) < 4.78 is 30.6. The van der Waals surface area contributed by atoms with Crippen molar-refractivity contribution < 1.29 is 17.9 Å². The van der Waals surface area contributed by atoms with Gasteiger partial charge < -0.3 is 9.64 Å². The lowest BCUT2D eigenvalue weighted by molar-refractivity contribution is -0.136. The van der Waals surface area contributed by atoms with Gasteiger partial charge in [0.15, 0.2) is 0 Å². The number of sulfonamides is 1. The summed E-state index contributed by atoms with van der Waals surface area (Å²) in [4.78, 5) is 14.2. The minimum absolute atomic E-state index is 0.242. The van der Waals surface area contributed by atoms with Crippen molar-refractivity contribution in [2.75, 3.05) is 36.9 Å². The number of amides is 1. The maximum absolute atomic E-state index is 12.6. The first-order valence-corrected chi connectivity index (χ1v) is 9.15. The lowest BCUT2D eigenvalue weighted by atomic mass is 10.2. The van der Waals surface area contributed by atoms with E-state index in [-0.39, 0.29) is 5.91 Å². The third-order valence-corrected chi connectivity index (χ3v) is 4.93. The Morgan fingerprint density at radius 2 is 2.00 bits per heavy atom. The number of ether oxygens (including phenoxy) is 1. The van der Waals surface area contributed by atoms with Crippen LogP contribution in [0.4, 0.5) is 5.69 Å². The molecule has 1 amide bonds. The standard InChI is InChI=1S/C14H19ClN2O4S/c1-11(14(18)16-6-8-21-9-7-16)17(22(2,19)20)13-5-3-4-12(15)10-13/h3-5,10-11H,6-9H2,1-2H3. The molecule has 6 nitrogen and oxygen atoms in total. The van der Waals surface area contributed by atoms with E-state index >= 15 is 0 Å². The number of anilines is 1. The summed E-state index contributed by atoms with van der Waals surface area (Å²) in [5.41, 5.74) is 0.379. The lowest BCUT2D eigenvalue weighted by Crippen LogP contribution is -2.52. The van der Waals surface area contributed by atoms with E-state index in [1.807, 2.05) is 0 Å². The minimum atomic E-state index is -3.62. The van der Waals surface area contributed by atoms with Crippen LogP contribution in [0.2, 0.25) is 5.02 Å². The zero-order chi connectivity index (χ0) is 16.3. The molecule has 1 aliphatic rings. The van der Waals surface area contributed by atoms with Gasteiger partial charge in [0.1, 0.15) is 6.04 Å². The van der Waals surface area contributed by atoms with E-state index in [0.29, 0.717) is 37.0 Å². The fourth-order valence-electron chi connectivity index (χ4n) is 2.46. The average molecular weight is 347 g/mol. The SMILES string of the molecule is CC(C(=O)N1CCOCC1)N(c1cccc(Cl)c1)S(C)(=O)=O. The number of halogens is 1. The zero-order valence-electron chi connectivity index (χ0n) is 12.5. The van der Waals surface area contributed by atoms with E-state index in [4.69, 9.17) is 16.3 Å². The molecule has 1 heterocycles. The number of nitrogens with zero attached hydrogens (tertiary/aromatic N) is 2. The van der Waals surface area contributed by atoms with Crippen LogP contribution < -0.4 is 4.31 Å². The average Bonchev–Trinajstić information content (AvgIpc) is 2.46. The third kappa shape index (κ3) is 3.91. The van der Waals surface area contributed by atoms with E-state index in [1.165, 1.54) is 6.07 Å². The molecule has 1 fully saturated rings. The van der Waals surface area contributed by atoms with Crippen molar-refractivity contribution in [1.82, 2.24) is 4.90 Å². The highest BCUT2D eigenvalue weighted by Gasteiger charge is 2.32. The predicted octanol–water partition coefficient (Wildman–Crippen LogP) is 1.35. The van der Waals surface area contributed by atoms with Gasteiger partial charge in [-0.1, -0.05) is 17.7 Å². The van der Waals surface area contributed by atoms with Gasteiger partial charge in [-0.25, -0.2) is 8.42 Å². The molecular weight excluding hydrogens is 328 g/mol. The maximum atomic E-state index is 12.6. The molecule has 0 aliphatic carbocycles. The van der Waals surface area contributed by atoms with E-state index < -0.39 is 16.1 Å². The molecule has 0 saturated carbocycles. The Hall–Kier alpha value is -1.31. The van der Waals surface area contributed by atoms with Crippen LogP contribution >= 0.6 is 11.6 Å². The summed E-state index contributed by atoms with van der Waals surface area (Å²) in [5, 5.41) is 0.414. The van der Waals surface area contributed by atoms with E-state index in [0.717, 1.165) is 10.6 Å². The molecule has 1 saturated heterocycles. The van der Waals surface area contributed by atoms with Gasteiger partial charge in [-0.3, -0.25) is 9.10 Å². The monoisotopic (exact) mass is 346 g/mol. The Balaban J connectivity index is 2.31. The van der Waals surface area contributed by atoms with E-state index in [2.05, 4.69) is 0 Å². The van der Waals surface area contributed by atoms with Crippen molar-refractivity contribution in [1.29, 1.82) is 0 Å². The molecule has 1 aliphatic heterocycles. The van der Waals surface area contributed by atoms with Crippen molar-refractivity contribution in [3.8, 4) is 0 Å². The van der Waals surface area contributed by atoms with Gasteiger partial charge in [0, 0.05) is 18.1 Å². The highest BCUT2D eigenvalue weighted by atomic mass is 35.5. The maximum Gasteiger partial charge on any atom is 0.246 e. The number of carbonyl (C=O) groups excluding carboxylic acids is 1. The van der Waals surface area contributed by atoms with Gasteiger partial charge in [-0.15, -0.1) is 0 Å². The Bertz CT molecular complexity index is 644. The van der Waals surface area contributed by atoms with E-state index in [1.54, 1.807) is 30.0 Å². The zero-order valence-corrected chi connectivity index (χ0v) is 14.1. The van der Waals surface area contributed by atoms with Crippen molar-refractivity contribution in [2.45, 2.75) is 13.0 Å². The number of rotatable bonds is 4. The molecule has 22 heavy (non-hydrogen) atoms. The highest BCUT2D eigenvalue weighted by molar-refractivity contribution is 7.92. The lowest BCUT2D eigenvalue weighted by Gasteiger charge is -2.34. The van der Waals surface area contributed by atoms with Crippen LogP contribution in [-0.4, -0.2) is 57.8 Å². The van der Waals surface area contributed by atoms with Gasteiger partial charge in [-0.05, 0) is 25.1 Å². The van der Waals surface area contributed by atoms with Crippen molar-refractivity contribution in [3.05, 3.63) is 29.3 Å². The number of benzene rings is 1. The molecular formula is C14H19ClN2O4S. The largest absolute Gasteiger partial charge is 0.378 e. The van der Waals surface area contributed by atoms with Crippen molar-refractivity contribution >= 4 is 33.2 Å². The van der Waals surface area contributed by atoms with Crippen LogP contribution in [0.5, 0.6) is 0 Å². The Labute approximate surface area is 135 Å². The normalized spacial score (nSPS) is 17.1. The fraction of sp³-hybridized carbons (Fsp3) is 0.500. The van der Waals surface area contributed by atoms with Gasteiger partial charge in [0.25, 0.3) is 0 Å². The second-order valence-electron chi connectivity index (χ2n) is 5.15. The first-order chi connectivity index (χ1) is 10.3. The third-order valence-electron chi connectivity index (χ3n) is 3.45. The molecule has 0 radical (unpaired) electrons. The summed E-state index contributed by atoms with van der Waals surface area (Å²) in [5.74, 6) is -0.242. The molecule has 8 heteroatoms. The molecule has 122 valence electrons. The smallest absolute Gasteiger partial charge is 0.246 e. The van der Waals surface area contributed by atoms with Gasteiger partial charge >= 0.3 is 0 Å². The Morgan fingerprint density at radius 3 is 2.55 bits per heavy atom. The van der Waals surface area contributed by atoms with Crippen LogP contribution in [0.1, 0.15) is 6.92 Å². The van der Waals surface area contributed by atoms with Crippen LogP contribution in [0.25, 0.3) is 0 Å². The highest BCUT2D eigenvalue weighted by Crippen LogP contribution is 2.25. The Morgan fingerprint density at radius 1 is 1.36 bits per heavy atom. The first kappa shape index (κ1) is 17.1. The first-order valence-electron chi connectivity index (χ1n) is 6.92. The van der Waals surface area contributed by atoms with Crippen molar-refractivity contribution in [3.63, 3.8) is 0 Å².